The van der Waals surface area contributed by atoms with Gasteiger partial charge in [-0.1, -0.05) is 78.9 Å². The first-order valence-corrected chi connectivity index (χ1v) is 11.0. The number of esters is 1. The molecule has 4 nitrogen and oxygen atoms in total. The normalized spacial score (nSPS) is 10.7. The van der Waals surface area contributed by atoms with Crippen molar-refractivity contribution in [2.24, 2.45) is 0 Å². The highest BCUT2D eigenvalue weighted by Gasteiger charge is 2.17. The van der Waals surface area contributed by atoms with Crippen molar-refractivity contribution in [2.75, 3.05) is 20.7 Å². The topological polar surface area (TPSA) is 46.6 Å². The number of hydrogen-bond donors (Lipinski definition) is 0. The average Bonchev–Trinajstić information content (AvgIpc) is 2.87. The van der Waals surface area contributed by atoms with Crippen molar-refractivity contribution in [3.8, 4) is 11.1 Å². The van der Waals surface area contributed by atoms with Gasteiger partial charge in [0.1, 0.15) is 0 Å². The van der Waals surface area contributed by atoms with Gasteiger partial charge in [-0.3, -0.25) is 4.79 Å². The molecule has 0 aromatic heterocycles. The summed E-state index contributed by atoms with van der Waals surface area (Å²) in [7, 11) is 3.20. The van der Waals surface area contributed by atoms with Crippen LogP contribution < -0.4 is 0 Å². The summed E-state index contributed by atoms with van der Waals surface area (Å²) in [5.41, 5.74) is 4.54. The van der Waals surface area contributed by atoms with Crippen LogP contribution in [0.15, 0.2) is 91.0 Å². The minimum absolute atomic E-state index is 0.0133. The van der Waals surface area contributed by atoms with Crippen molar-refractivity contribution in [1.29, 1.82) is 0 Å². The summed E-state index contributed by atoms with van der Waals surface area (Å²) >= 11 is 0. The fraction of sp³-hybridized carbons (Fsp3) is 0.172. The van der Waals surface area contributed by atoms with Gasteiger partial charge in [-0.05, 0) is 51.6 Å². The van der Waals surface area contributed by atoms with E-state index in [4.69, 9.17) is 4.74 Å². The van der Waals surface area contributed by atoms with Crippen molar-refractivity contribution in [1.82, 2.24) is 4.90 Å². The van der Waals surface area contributed by atoms with E-state index in [-0.39, 0.29) is 12.3 Å². The third-order valence-electron chi connectivity index (χ3n) is 5.93. The lowest BCUT2D eigenvalue weighted by Gasteiger charge is -2.19. The molecule has 4 rings (SSSR count). The molecule has 0 spiro atoms. The first-order chi connectivity index (χ1) is 16.1. The molecule has 0 unspecified atom stereocenters. The molecule has 4 aromatic rings. The number of rotatable bonds is 7. The fourth-order valence-electron chi connectivity index (χ4n) is 4.08. The standard InChI is InChI=1S/C29H27NO3/c1-30(17-16-21-10-5-3-6-11-21)28(31)20-23-18-24(29(32)33-2)19-27-25(14-9-15-26(23)27)22-12-7-4-8-13-22/h3-15,18-19H,16-17,20H2,1-2H3. The molecule has 0 atom stereocenters. The maximum Gasteiger partial charge on any atom is 0.337 e. The molecule has 0 radical (unpaired) electrons. The number of ether oxygens (including phenoxy) is 1. The smallest absolute Gasteiger partial charge is 0.337 e. The molecule has 1 amide bonds. The van der Waals surface area contributed by atoms with Gasteiger partial charge in [-0.15, -0.1) is 0 Å². The van der Waals surface area contributed by atoms with Crippen molar-refractivity contribution in [2.45, 2.75) is 12.8 Å². The van der Waals surface area contributed by atoms with E-state index in [1.54, 1.807) is 11.0 Å². The Balaban J connectivity index is 1.67. The van der Waals surface area contributed by atoms with E-state index in [0.29, 0.717) is 12.1 Å². The zero-order valence-corrected chi connectivity index (χ0v) is 19.0. The Morgan fingerprint density at radius 1 is 0.818 bits per heavy atom. The van der Waals surface area contributed by atoms with Gasteiger partial charge in [0.05, 0.1) is 19.1 Å². The molecule has 0 aliphatic rings. The second kappa shape index (κ2) is 10.1. The number of hydrogen-bond acceptors (Lipinski definition) is 3. The number of carbonyl (C=O) groups excluding carboxylic acids is 2. The van der Waals surface area contributed by atoms with Gasteiger partial charge in [0, 0.05) is 13.6 Å². The van der Waals surface area contributed by atoms with Crippen LogP contribution in [0, 0.1) is 0 Å². The molecule has 0 saturated carbocycles. The van der Waals surface area contributed by atoms with Crippen molar-refractivity contribution < 1.29 is 14.3 Å². The fourth-order valence-corrected chi connectivity index (χ4v) is 4.08. The molecular weight excluding hydrogens is 410 g/mol. The van der Waals surface area contributed by atoms with Crippen LogP contribution in [0.5, 0.6) is 0 Å². The van der Waals surface area contributed by atoms with Gasteiger partial charge in [-0.25, -0.2) is 4.79 Å². The molecule has 0 aliphatic carbocycles. The predicted octanol–water partition coefficient (Wildman–Crippen LogP) is 5.54. The molecule has 0 saturated heterocycles. The Bertz CT molecular complexity index is 1270. The van der Waals surface area contributed by atoms with E-state index in [2.05, 4.69) is 12.1 Å². The van der Waals surface area contributed by atoms with E-state index in [0.717, 1.165) is 33.9 Å². The van der Waals surface area contributed by atoms with Gasteiger partial charge in [0.15, 0.2) is 0 Å². The van der Waals surface area contributed by atoms with Crippen LogP contribution in [0.3, 0.4) is 0 Å². The zero-order valence-electron chi connectivity index (χ0n) is 19.0. The third kappa shape index (κ3) is 5.12. The second-order valence-corrected chi connectivity index (χ2v) is 8.12. The molecule has 4 heteroatoms. The lowest BCUT2D eigenvalue weighted by molar-refractivity contribution is -0.129. The van der Waals surface area contributed by atoms with Crippen molar-refractivity contribution in [3.63, 3.8) is 0 Å². The Kier molecular flexibility index (Phi) is 6.84. The molecule has 0 fully saturated rings. The number of fused-ring (bicyclic) bond motifs is 1. The first-order valence-electron chi connectivity index (χ1n) is 11.0. The van der Waals surface area contributed by atoms with E-state index in [9.17, 15) is 9.59 Å². The van der Waals surface area contributed by atoms with Crippen molar-refractivity contribution in [3.05, 3.63) is 108 Å². The van der Waals surface area contributed by atoms with E-state index in [1.807, 2.05) is 79.8 Å². The highest BCUT2D eigenvalue weighted by atomic mass is 16.5. The summed E-state index contributed by atoms with van der Waals surface area (Å²) in [5, 5.41) is 1.90. The largest absolute Gasteiger partial charge is 0.465 e. The molecular formula is C29H27NO3. The highest BCUT2D eigenvalue weighted by molar-refractivity contribution is 6.04. The summed E-state index contributed by atoms with van der Waals surface area (Å²) in [4.78, 5) is 27.3. The summed E-state index contributed by atoms with van der Waals surface area (Å²) in [6.07, 6.45) is 1.01. The SMILES string of the molecule is COC(=O)c1cc(CC(=O)N(C)CCc2ccccc2)c2cccc(-c3ccccc3)c2c1. The summed E-state index contributed by atoms with van der Waals surface area (Å²) in [5.74, 6) is -0.398. The van der Waals surface area contributed by atoms with Gasteiger partial charge >= 0.3 is 5.97 Å². The molecule has 4 aromatic carbocycles. The molecule has 0 bridgehead atoms. The minimum Gasteiger partial charge on any atom is -0.465 e. The Labute approximate surface area is 194 Å². The van der Waals surface area contributed by atoms with Crippen LogP contribution in [-0.2, 0) is 22.4 Å². The number of carbonyl (C=O) groups is 2. The summed E-state index contributed by atoms with van der Waals surface area (Å²) in [6.45, 7) is 0.632. The highest BCUT2D eigenvalue weighted by Crippen LogP contribution is 2.32. The third-order valence-corrected chi connectivity index (χ3v) is 5.93. The van der Waals surface area contributed by atoms with Crippen LogP contribution in [0.1, 0.15) is 21.5 Å². The Morgan fingerprint density at radius 2 is 1.52 bits per heavy atom. The number of methoxy groups -OCH3 is 1. The molecule has 0 N–H and O–H groups in total. The summed E-state index contributed by atoms with van der Waals surface area (Å²) < 4.78 is 4.99. The summed E-state index contributed by atoms with van der Waals surface area (Å²) in [6, 6.07) is 29.9. The zero-order chi connectivity index (χ0) is 23.2. The number of benzene rings is 4. The van der Waals surface area contributed by atoms with Crippen LogP contribution in [0.4, 0.5) is 0 Å². The van der Waals surface area contributed by atoms with Gasteiger partial charge < -0.3 is 9.64 Å². The monoisotopic (exact) mass is 437 g/mol. The Morgan fingerprint density at radius 3 is 2.21 bits per heavy atom. The van der Waals surface area contributed by atoms with E-state index >= 15 is 0 Å². The maximum atomic E-state index is 13.1. The number of likely N-dealkylation sites (N-methyl/N-ethyl adjacent to an activating group) is 1. The van der Waals surface area contributed by atoms with Crippen LogP contribution in [0.2, 0.25) is 0 Å². The van der Waals surface area contributed by atoms with Gasteiger partial charge in [-0.2, -0.15) is 0 Å². The van der Waals surface area contributed by atoms with Crippen molar-refractivity contribution >= 4 is 22.6 Å². The quantitative estimate of drug-likeness (QED) is 0.357. The number of amides is 1. The Hall–Kier alpha value is -3.92. The first kappa shape index (κ1) is 22.3. The molecule has 0 heterocycles. The predicted molar refractivity (Wildman–Crippen MR) is 132 cm³/mol. The van der Waals surface area contributed by atoms with Crippen LogP contribution >= 0.6 is 0 Å². The van der Waals surface area contributed by atoms with Crippen LogP contribution in [0.25, 0.3) is 21.9 Å². The molecule has 33 heavy (non-hydrogen) atoms. The van der Waals surface area contributed by atoms with Gasteiger partial charge in [0.25, 0.3) is 0 Å². The van der Waals surface area contributed by atoms with E-state index < -0.39 is 5.97 Å². The van der Waals surface area contributed by atoms with Gasteiger partial charge in [0.2, 0.25) is 5.91 Å². The number of nitrogens with zero attached hydrogens (tertiary/aromatic N) is 1. The second-order valence-electron chi connectivity index (χ2n) is 8.12. The molecule has 0 aliphatic heterocycles. The lowest BCUT2D eigenvalue weighted by atomic mass is 9.92. The lowest BCUT2D eigenvalue weighted by Crippen LogP contribution is -2.30. The van der Waals surface area contributed by atoms with E-state index in [1.165, 1.54) is 12.7 Å². The molecule has 166 valence electrons. The minimum atomic E-state index is -0.411. The maximum absolute atomic E-state index is 13.1. The van der Waals surface area contributed by atoms with Crippen LogP contribution in [-0.4, -0.2) is 37.5 Å². The average molecular weight is 438 g/mol.